The van der Waals surface area contributed by atoms with Gasteiger partial charge in [-0.05, 0) is 39.3 Å². The monoisotopic (exact) mass is 359 g/mol. The Hall–Kier alpha value is -1.37. The summed E-state index contributed by atoms with van der Waals surface area (Å²) in [6.07, 6.45) is 2.12. The fraction of sp³-hybridized carbons (Fsp3) is 0.533. The van der Waals surface area contributed by atoms with Crippen LogP contribution in [-0.4, -0.2) is 39.8 Å². The van der Waals surface area contributed by atoms with Crippen LogP contribution >= 0.6 is 24.8 Å². The molecule has 0 bridgehead atoms. The van der Waals surface area contributed by atoms with Crippen molar-refractivity contribution in [3.05, 3.63) is 23.0 Å². The molecule has 0 saturated carbocycles. The lowest BCUT2D eigenvalue weighted by Crippen LogP contribution is -2.45. The number of pyridine rings is 1. The lowest BCUT2D eigenvalue weighted by molar-refractivity contribution is 0.0932. The summed E-state index contributed by atoms with van der Waals surface area (Å²) in [6.45, 7) is 5.69. The topological polar surface area (TPSA) is 71.8 Å². The number of piperidine rings is 1. The molecule has 1 amide bonds. The number of nitrogens with zero attached hydrogens (tertiary/aromatic N) is 3. The number of rotatable bonds is 2. The van der Waals surface area contributed by atoms with E-state index in [2.05, 4.69) is 20.7 Å². The van der Waals surface area contributed by atoms with Gasteiger partial charge in [-0.1, -0.05) is 0 Å². The van der Waals surface area contributed by atoms with Crippen LogP contribution in [0.2, 0.25) is 0 Å². The highest BCUT2D eigenvalue weighted by Crippen LogP contribution is 2.21. The largest absolute Gasteiger partial charge is 0.348 e. The highest BCUT2D eigenvalue weighted by Gasteiger charge is 2.21. The maximum Gasteiger partial charge on any atom is 0.252 e. The Bertz CT molecular complexity index is 695. The molecule has 2 aromatic rings. The lowest BCUT2D eigenvalue weighted by Gasteiger charge is -2.24. The van der Waals surface area contributed by atoms with Crippen LogP contribution in [0.4, 0.5) is 0 Å². The smallest absolute Gasteiger partial charge is 0.252 e. The Labute approximate surface area is 148 Å². The predicted molar refractivity (Wildman–Crippen MR) is 95.8 cm³/mol. The molecule has 2 aromatic heterocycles. The molecule has 0 spiro atoms. The number of carbonyl (C=O) groups is 1. The molecular formula is C15H23Cl2N5O. The molecule has 3 rings (SSSR count). The van der Waals surface area contributed by atoms with Crippen LogP contribution < -0.4 is 10.6 Å². The number of fused-ring (bicyclic) bond motifs is 1. The first kappa shape index (κ1) is 19.7. The van der Waals surface area contributed by atoms with E-state index in [-0.39, 0.29) is 36.8 Å². The fourth-order valence-corrected chi connectivity index (χ4v) is 2.99. The van der Waals surface area contributed by atoms with Gasteiger partial charge in [-0.2, -0.15) is 5.10 Å². The lowest BCUT2D eigenvalue weighted by atomic mass is 10.1. The van der Waals surface area contributed by atoms with Crippen molar-refractivity contribution in [1.82, 2.24) is 25.4 Å². The zero-order valence-corrected chi connectivity index (χ0v) is 15.2. The second kappa shape index (κ2) is 7.95. The van der Waals surface area contributed by atoms with Gasteiger partial charge in [0.1, 0.15) is 0 Å². The van der Waals surface area contributed by atoms with E-state index in [1.807, 2.05) is 27.0 Å². The molecule has 0 aliphatic carbocycles. The Kier molecular flexibility index (Phi) is 6.80. The van der Waals surface area contributed by atoms with E-state index in [0.717, 1.165) is 48.4 Å². The van der Waals surface area contributed by atoms with Gasteiger partial charge in [0.05, 0.1) is 16.6 Å². The molecule has 8 heteroatoms. The Morgan fingerprint density at radius 2 is 2.13 bits per heavy atom. The summed E-state index contributed by atoms with van der Waals surface area (Å²) in [5.74, 6) is -0.0321. The van der Waals surface area contributed by atoms with Crippen LogP contribution in [0.15, 0.2) is 6.07 Å². The Balaban J connectivity index is 0.00000132. The third-order valence-corrected chi connectivity index (χ3v) is 3.97. The van der Waals surface area contributed by atoms with E-state index in [1.54, 1.807) is 4.68 Å². The molecule has 128 valence electrons. The number of amides is 1. The molecule has 1 aliphatic heterocycles. The molecule has 0 unspecified atom stereocenters. The molecule has 2 N–H and O–H groups in total. The van der Waals surface area contributed by atoms with Gasteiger partial charge in [0.25, 0.3) is 5.91 Å². The number of aromatic nitrogens is 3. The van der Waals surface area contributed by atoms with Gasteiger partial charge in [0, 0.05) is 25.3 Å². The molecular weight excluding hydrogens is 337 g/mol. The molecule has 3 heterocycles. The van der Waals surface area contributed by atoms with Gasteiger partial charge < -0.3 is 10.6 Å². The second-order valence-corrected chi connectivity index (χ2v) is 5.74. The molecule has 1 atom stereocenters. The SMILES string of the molecule is Cc1cc(C(=O)N[C@H]2CCCNC2)c2c(C)nn(C)c2n1.Cl.Cl. The number of nitrogens with one attached hydrogen (secondary N) is 2. The highest BCUT2D eigenvalue weighted by molar-refractivity contribution is 6.06. The van der Waals surface area contributed by atoms with Crippen molar-refractivity contribution >= 4 is 41.8 Å². The van der Waals surface area contributed by atoms with Crippen LogP contribution in [0.3, 0.4) is 0 Å². The third kappa shape index (κ3) is 3.94. The standard InChI is InChI=1S/C15H21N5O.2ClH/c1-9-7-12(13-10(2)19-20(3)14(13)17-9)15(21)18-11-5-4-6-16-8-11;;/h7,11,16H,4-6,8H2,1-3H3,(H,18,21);2*1H/t11-;;/m0../s1. The normalized spacial score (nSPS) is 17.3. The van der Waals surface area contributed by atoms with Crippen LogP contribution in [0.25, 0.3) is 11.0 Å². The maximum atomic E-state index is 12.6. The fourth-order valence-electron chi connectivity index (χ4n) is 2.99. The minimum Gasteiger partial charge on any atom is -0.348 e. The number of hydrogen-bond donors (Lipinski definition) is 2. The quantitative estimate of drug-likeness (QED) is 0.858. The van der Waals surface area contributed by atoms with E-state index in [0.29, 0.717) is 5.56 Å². The molecule has 23 heavy (non-hydrogen) atoms. The number of hydrogen-bond acceptors (Lipinski definition) is 4. The average molecular weight is 360 g/mol. The van der Waals surface area contributed by atoms with Gasteiger partial charge in [-0.15, -0.1) is 24.8 Å². The van der Waals surface area contributed by atoms with Crippen molar-refractivity contribution < 1.29 is 4.79 Å². The van der Waals surface area contributed by atoms with E-state index >= 15 is 0 Å². The minimum atomic E-state index is -0.0321. The molecule has 1 aliphatic rings. The first-order valence-electron chi connectivity index (χ1n) is 7.39. The maximum absolute atomic E-state index is 12.6. The van der Waals surface area contributed by atoms with Gasteiger partial charge in [0.15, 0.2) is 5.65 Å². The van der Waals surface area contributed by atoms with Gasteiger partial charge in [-0.3, -0.25) is 9.48 Å². The van der Waals surface area contributed by atoms with E-state index < -0.39 is 0 Å². The average Bonchev–Trinajstić information content (AvgIpc) is 2.74. The molecule has 6 nitrogen and oxygen atoms in total. The van der Waals surface area contributed by atoms with Crippen LogP contribution in [0, 0.1) is 13.8 Å². The van der Waals surface area contributed by atoms with Crippen molar-refractivity contribution in [2.24, 2.45) is 7.05 Å². The molecule has 1 saturated heterocycles. The number of carbonyl (C=O) groups excluding carboxylic acids is 1. The van der Waals surface area contributed by atoms with Gasteiger partial charge in [0.2, 0.25) is 0 Å². The van der Waals surface area contributed by atoms with E-state index in [1.165, 1.54) is 0 Å². The van der Waals surface area contributed by atoms with Gasteiger partial charge in [-0.25, -0.2) is 4.98 Å². The van der Waals surface area contributed by atoms with Crippen LogP contribution in [0.1, 0.15) is 34.6 Å². The minimum absolute atomic E-state index is 0. The number of aryl methyl sites for hydroxylation is 3. The zero-order chi connectivity index (χ0) is 15.0. The summed E-state index contributed by atoms with van der Waals surface area (Å²) in [4.78, 5) is 17.1. The Morgan fingerprint density at radius 1 is 1.39 bits per heavy atom. The summed E-state index contributed by atoms with van der Waals surface area (Å²) in [5.41, 5.74) is 3.11. The summed E-state index contributed by atoms with van der Waals surface area (Å²) in [7, 11) is 1.86. The van der Waals surface area contributed by atoms with Crippen LogP contribution in [0.5, 0.6) is 0 Å². The summed E-state index contributed by atoms with van der Waals surface area (Å²) < 4.78 is 1.73. The number of halogens is 2. The van der Waals surface area contributed by atoms with Gasteiger partial charge >= 0.3 is 0 Å². The summed E-state index contributed by atoms with van der Waals surface area (Å²) in [5, 5.41) is 11.7. The Morgan fingerprint density at radius 3 is 2.78 bits per heavy atom. The van der Waals surface area contributed by atoms with Crippen molar-refractivity contribution in [2.75, 3.05) is 13.1 Å². The molecule has 0 radical (unpaired) electrons. The van der Waals surface area contributed by atoms with E-state index in [4.69, 9.17) is 0 Å². The zero-order valence-electron chi connectivity index (χ0n) is 13.5. The van der Waals surface area contributed by atoms with Crippen molar-refractivity contribution in [1.29, 1.82) is 0 Å². The van der Waals surface area contributed by atoms with E-state index in [9.17, 15) is 4.79 Å². The second-order valence-electron chi connectivity index (χ2n) is 5.74. The summed E-state index contributed by atoms with van der Waals surface area (Å²) in [6, 6.07) is 2.05. The first-order valence-corrected chi connectivity index (χ1v) is 7.39. The van der Waals surface area contributed by atoms with Crippen molar-refractivity contribution in [3.63, 3.8) is 0 Å². The van der Waals surface area contributed by atoms with Crippen molar-refractivity contribution in [3.8, 4) is 0 Å². The van der Waals surface area contributed by atoms with Crippen LogP contribution in [-0.2, 0) is 7.05 Å². The molecule has 0 aromatic carbocycles. The summed E-state index contributed by atoms with van der Waals surface area (Å²) >= 11 is 0. The van der Waals surface area contributed by atoms with Crippen molar-refractivity contribution in [2.45, 2.75) is 32.7 Å². The third-order valence-electron chi connectivity index (χ3n) is 3.97. The first-order chi connectivity index (χ1) is 10.1. The predicted octanol–water partition coefficient (Wildman–Crippen LogP) is 1.91. The highest BCUT2D eigenvalue weighted by atomic mass is 35.5. The molecule has 1 fully saturated rings.